The molecule has 2 aliphatic rings. The van der Waals surface area contributed by atoms with Crippen molar-refractivity contribution < 1.29 is 22.7 Å². The molecule has 4 aromatic rings. The predicted octanol–water partition coefficient (Wildman–Crippen LogP) is 3.45. The van der Waals surface area contributed by atoms with E-state index in [0.29, 0.717) is 55.1 Å². The van der Waals surface area contributed by atoms with Crippen LogP contribution in [0.5, 0.6) is 0 Å². The number of ether oxygens (including phenoxy) is 1. The van der Waals surface area contributed by atoms with E-state index in [2.05, 4.69) is 19.4 Å². The lowest BCUT2D eigenvalue weighted by Gasteiger charge is -2.35. The Labute approximate surface area is 228 Å². The average Bonchev–Trinajstić information content (AvgIpc) is 3.29. The number of aryl methyl sites for hydroxylation is 1. The Bertz CT molecular complexity index is 1570. The van der Waals surface area contributed by atoms with Gasteiger partial charge in [-0.25, -0.2) is 15.0 Å². The van der Waals surface area contributed by atoms with Gasteiger partial charge in [-0.1, -0.05) is 0 Å². The number of fused-ring (bicyclic) bond motifs is 3. The van der Waals surface area contributed by atoms with Crippen molar-refractivity contribution in [1.29, 1.82) is 0 Å². The highest BCUT2D eigenvalue weighted by atomic mass is 19.4. The van der Waals surface area contributed by atoms with Crippen LogP contribution >= 0.6 is 0 Å². The van der Waals surface area contributed by atoms with Gasteiger partial charge in [0.1, 0.15) is 22.7 Å². The molecule has 6 heterocycles. The van der Waals surface area contributed by atoms with Gasteiger partial charge in [0.2, 0.25) is 5.91 Å². The van der Waals surface area contributed by atoms with E-state index in [9.17, 15) is 18.0 Å². The molecule has 2 saturated heterocycles. The second kappa shape index (κ2) is 10.3. The number of nitrogen functional groups attached to an aromatic ring is 1. The molecule has 0 unspecified atom stereocenters. The zero-order valence-corrected chi connectivity index (χ0v) is 22.0. The normalized spacial score (nSPS) is 17.6. The lowest BCUT2D eigenvalue weighted by atomic mass is 10.0. The number of nitrogens with two attached hydrogens (primary N) is 1. The maximum absolute atomic E-state index is 13.5. The SMILES string of the molecule is Cc1nc2cnc3ccc(-c4cnc(N)c(C(F)(F)F)c4)nc3c2n1C1CCN(CC(=O)N2CCOCC2)CC1. The van der Waals surface area contributed by atoms with Crippen LogP contribution in [0, 0.1) is 6.92 Å². The number of nitrogens with zero attached hydrogens (tertiary/aromatic N) is 7. The number of halogens is 3. The number of anilines is 1. The van der Waals surface area contributed by atoms with E-state index < -0.39 is 17.6 Å². The zero-order valence-electron chi connectivity index (χ0n) is 22.0. The van der Waals surface area contributed by atoms with Gasteiger partial charge in [0.15, 0.2) is 0 Å². The quantitative estimate of drug-likeness (QED) is 0.408. The van der Waals surface area contributed by atoms with Gasteiger partial charge in [-0.05, 0) is 38.0 Å². The first-order valence-electron chi connectivity index (χ1n) is 13.2. The summed E-state index contributed by atoms with van der Waals surface area (Å²) in [5.41, 5.74) is 7.69. The van der Waals surface area contributed by atoms with E-state index in [-0.39, 0.29) is 17.5 Å². The Morgan fingerprint density at radius 2 is 1.80 bits per heavy atom. The number of hydrogen-bond acceptors (Lipinski definition) is 8. The van der Waals surface area contributed by atoms with Crippen LogP contribution in [0.3, 0.4) is 0 Å². The number of imidazole rings is 1. The minimum absolute atomic E-state index is 0.130. The third-order valence-electron chi connectivity index (χ3n) is 7.70. The monoisotopic (exact) mass is 554 g/mol. The molecule has 0 spiro atoms. The van der Waals surface area contributed by atoms with Crippen LogP contribution in [0.25, 0.3) is 33.3 Å². The highest BCUT2D eigenvalue weighted by molar-refractivity contribution is 6.00. The fourth-order valence-electron chi connectivity index (χ4n) is 5.64. The largest absolute Gasteiger partial charge is 0.419 e. The van der Waals surface area contributed by atoms with Gasteiger partial charge in [-0.15, -0.1) is 0 Å². The van der Waals surface area contributed by atoms with E-state index in [1.165, 1.54) is 6.20 Å². The van der Waals surface area contributed by atoms with Crippen molar-refractivity contribution in [3.05, 3.63) is 42.0 Å². The topological polar surface area (TPSA) is 115 Å². The molecular weight excluding hydrogens is 525 g/mol. The summed E-state index contributed by atoms with van der Waals surface area (Å²) in [4.78, 5) is 34.5. The van der Waals surface area contributed by atoms with Gasteiger partial charge in [-0.3, -0.25) is 14.7 Å². The van der Waals surface area contributed by atoms with Gasteiger partial charge < -0.3 is 19.9 Å². The van der Waals surface area contributed by atoms with Crippen LogP contribution in [0.15, 0.2) is 30.6 Å². The minimum Gasteiger partial charge on any atom is -0.383 e. The molecule has 2 aliphatic heterocycles. The molecule has 2 N–H and O–H groups in total. The summed E-state index contributed by atoms with van der Waals surface area (Å²) in [5.74, 6) is 0.367. The highest BCUT2D eigenvalue weighted by Crippen LogP contribution is 2.36. The summed E-state index contributed by atoms with van der Waals surface area (Å²) in [6.45, 7) is 6.28. The molecule has 13 heteroatoms. The Balaban J connectivity index is 1.30. The maximum Gasteiger partial charge on any atom is 0.419 e. The van der Waals surface area contributed by atoms with Crippen LogP contribution in [-0.2, 0) is 15.7 Å². The zero-order chi connectivity index (χ0) is 28.0. The molecule has 1 amide bonds. The number of pyridine rings is 3. The number of hydrogen-bond donors (Lipinski definition) is 1. The Morgan fingerprint density at radius 3 is 2.52 bits per heavy atom. The molecular formula is C27H29F3N8O2. The van der Waals surface area contributed by atoms with Gasteiger partial charge >= 0.3 is 6.18 Å². The second-order valence-corrected chi connectivity index (χ2v) is 10.2. The van der Waals surface area contributed by atoms with Gasteiger partial charge in [0.25, 0.3) is 0 Å². The number of piperidine rings is 1. The van der Waals surface area contributed by atoms with Crippen molar-refractivity contribution in [2.24, 2.45) is 0 Å². The van der Waals surface area contributed by atoms with Crippen LogP contribution in [-0.4, -0.2) is 86.1 Å². The summed E-state index contributed by atoms with van der Waals surface area (Å²) < 4.78 is 47.9. The predicted molar refractivity (Wildman–Crippen MR) is 142 cm³/mol. The van der Waals surface area contributed by atoms with Crippen molar-refractivity contribution in [2.45, 2.75) is 32.0 Å². The molecule has 2 fully saturated rings. The maximum atomic E-state index is 13.5. The number of amides is 1. The van der Waals surface area contributed by atoms with Crippen LogP contribution in [0.4, 0.5) is 19.0 Å². The highest BCUT2D eigenvalue weighted by Gasteiger charge is 2.34. The summed E-state index contributed by atoms with van der Waals surface area (Å²) in [7, 11) is 0. The van der Waals surface area contributed by atoms with E-state index in [4.69, 9.17) is 20.4 Å². The molecule has 0 bridgehead atoms. The third kappa shape index (κ3) is 4.94. The van der Waals surface area contributed by atoms with Gasteiger partial charge in [0.05, 0.1) is 48.2 Å². The first-order chi connectivity index (χ1) is 19.2. The first kappa shape index (κ1) is 26.4. The van der Waals surface area contributed by atoms with Gasteiger partial charge in [-0.2, -0.15) is 13.2 Å². The number of morpholine rings is 1. The lowest BCUT2D eigenvalue weighted by molar-refractivity contribution is -0.137. The molecule has 6 rings (SSSR count). The van der Waals surface area contributed by atoms with Crippen LogP contribution < -0.4 is 5.73 Å². The van der Waals surface area contributed by atoms with Crippen molar-refractivity contribution in [2.75, 3.05) is 51.7 Å². The molecule has 0 aliphatic carbocycles. The standard InChI is InChI=1S/C27H29F3N8O2/c1-16-34-22-14-32-21-3-2-20(17-12-19(27(28,29)30)26(31)33-13-17)35-24(21)25(22)38(16)18-4-6-36(7-5-18)15-23(39)37-8-10-40-11-9-37/h2-3,12-14,18H,4-11,15H2,1H3,(H2,31,33). The number of rotatable bonds is 4. The summed E-state index contributed by atoms with van der Waals surface area (Å²) in [6.07, 6.45) is 0.0101. The minimum atomic E-state index is -4.63. The Kier molecular flexibility index (Phi) is 6.78. The van der Waals surface area contributed by atoms with Crippen LogP contribution in [0.2, 0.25) is 0 Å². The Hall–Kier alpha value is -3.84. The van der Waals surface area contributed by atoms with Crippen molar-refractivity contribution in [3.8, 4) is 11.3 Å². The van der Waals surface area contributed by atoms with E-state index in [1.807, 2.05) is 11.8 Å². The molecule has 40 heavy (non-hydrogen) atoms. The second-order valence-electron chi connectivity index (χ2n) is 10.2. The third-order valence-corrected chi connectivity index (χ3v) is 7.70. The number of aromatic nitrogens is 5. The Morgan fingerprint density at radius 1 is 1.05 bits per heavy atom. The van der Waals surface area contributed by atoms with Crippen LogP contribution in [0.1, 0.15) is 30.3 Å². The molecule has 4 aromatic heterocycles. The summed E-state index contributed by atoms with van der Waals surface area (Å²) in [6, 6.07) is 4.48. The average molecular weight is 555 g/mol. The van der Waals surface area contributed by atoms with Crippen molar-refractivity contribution in [1.82, 2.24) is 34.3 Å². The number of carbonyl (C=O) groups excluding carboxylic acids is 1. The van der Waals surface area contributed by atoms with E-state index in [1.54, 1.807) is 18.3 Å². The summed E-state index contributed by atoms with van der Waals surface area (Å²) in [5, 5.41) is 0. The van der Waals surface area contributed by atoms with Crippen molar-refractivity contribution >= 4 is 33.8 Å². The van der Waals surface area contributed by atoms with E-state index >= 15 is 0 Å². The lowest BCUT2D eigenvalue weighted by Crippen LogP contribution is -2.47. The molecule has 0 atom stereocenters. The fourth-order valence-corrected chi connectivity index (χ4v) is 5.64. The molecule has 0 aromatic carbocycles. The van der Waals surface area contributed by atoms with Gasteiger partial charge in [0, 0.05) is 44.0 Å². The first-order valence-corrected chi connectivity index (χ1v) is 13.2. The number of alkyl halides is 3. The molecule has 0 saturated carbocycles. The number of carbonyl (C=O) groups is 1. The number of likely N-dealkylation sites (tertiary alicyclic amines) is 1. The fraction of sp³-hybridized carbons (Fsp3) is 0.444. The van der Waals surface area contributed by atoms with Crippen molar-refractivity contribution in [3.63, 3.8) is 0 Å². The molecule has 0 radical (unpaired) electrons. The molecule has 10 nitrogen and oxygen atoms in total. The molecule has 210 valence electrons. The summed E-state index contributed by atoms with van der Waals surface area (Å²) >= 11 is 0. The van der Waals surface area contributed by atoms with E-state index in [0.717, 1.165) is 43.3 Å². The smallest absolute Gasteiger partial charge is 0.383 e.